The molecule has 1 aliphatic carbocycles. The van der Waals surface area contributed by atoms with Crippen LogP contribution < -0.4 is 4.74 Å². The lowest BCUT2D eigenvalue weighted by Crippen LogP contribution is -2.36. The number of hydrogen-bond donors (Lipinski definition) is 1. The molecular weight excluding hydrogens is 457 g/mol. The molecule has 5 rings (SSSR count). The first-order valence-corrected chi connectivity index (χ1v) is 12.1. The highest BCUT2D eigenvalue weighted by Gasteiger charge is 2.36. The fraction of sp³-hybridized carbons (Fsp3) is 0.444. The summed E-state index contributed by atoms with van der Waals surface area (Å²) in [7, 11) is 1.93. The second-order valence-electron chi connectivity index (χ2n) is 9.73. The van der Waals surface area contributed by atoms with Gasteiger partial charge in [-0.05, 0) is 67.3 Å². The summed E-state index contributed by atoms with van der Waals surface area (Å²) < 4.78 is 49.4. The molecule has 1 atom stereocenters. The summed E-state index contributed by atoms with van der Waals surface area (Å²) in [6.45, 7) is 1.56. The van der Waals surface area contributed by atoms with Crippen molar-refractivity contribution in [3.8, 4) is 5.75 Å². The van der Waals surface area contributed by atoms with Gasteiger partial charge in [-0.1, -0.05) is 25.0 Å². The van der Waals surface area contributed by atoms with Gasteiger partial charge in [-0.2, -0.15) is 13.2 Å². The Morgan fingerprint density at radius 1 is 1.09 bits per heavy atom. The summed E-state index contributed by atoms with van der Waals surface area (Å²) in [4.78, 5) is 13.4. The molecule has 1 unspecified atom stereocenters. The van der Waals surface area contributed by atoms with Gasteiger partial charge in [-0.15, -0.1) is 0 Å². The molecule has 35 heavy (non-hydrogen) atoms. The molecule has 3 aromatic rings. The third-order valence-corrected chi connectivity index (χ3v) is 7.45. The van der Waals surface area contributed by atoms with E-state index in [-0.39, 0.29) is 25.0 Å². The predicted octanol–water partition coefficient (Wildman–Crippen LogP) is 6.36. The fourth-order valence-corrected chi connectivity index (χ4v) is 5.65. The van der Waals surface area contributed by atoms with Crippen LogP contribution in [-0.4, -0.2) is 34.1 Å². The Kier molecular flexibility index (Phi) is 6.25. The number of fused-ring (bicyclic) bond motifs is 3. The van der Waals surface area contributed by atoms with Gasteiger partial charge in [0.1, 0.15) is 12.4 Å². The molecule has 0 saturated heterocycles. The molecule has 1 aromatic heterocycles. The number of ether oxygens (including phenoxy) is 1. The Balaban J connectivity index is 1.37. The van der Waals surface area contributed by atoms with E-state index in [4.69, 9.17) is 4.74 Å². The average molecular weight is 487 g/mol. The third-order valence-electron chi connectivity index (χ3n) is 7.45. The van der Waals surface area contributed by atoms with E-state index in [1.165, 1.54) is 6.07 Å². The zero-order valence-corrected chi connectivity index (χ0v) is 19.6. The van der Waals surface area contributed by atoms with Gasteiger partial charge in [0.25, 0.3) is 0 Å². The van der Waals surface area contributed by atoms with Crippen LogP contribution in [0.3, 0.4) is 0 Å². The summed E-state index contributed by atoms with van der Waals surface area (Å²) in [6, 6.07) is 12.0. The van der Waals surface area contributed by atoms with Crippen LogP contribution >= 0.6 is 0 Å². The van der Waals surface area contributed by atoms with E-state index in [9.17, 15) is 23.1 Å². The summed E-state index contributed by atoms with van der Waals surface area (Å²) in [5.74, 6) is -0.298. The Labute approximate surface area is 202 Å². The van der Waals surface area contributed by atoms with Crippen molar-refractivity contribution < 1.29 is 27.8 Å². The van der Waals surface area contributed by atoms with Crippen molar-refractivity contribution in [3.63, 3.8) is 0 Å². The number of likely N-dealkylation sites (N-methyl/N-ethyl adjacent to an activating group) is 1. The lowest BCUT2D eigenvalue weighted by Gasteiger charge is -2.33. The van der Waals surface area contributed by atoms with Crippen molar-refractivity contribution in [2.45, 2.75) is 63.4 Å². The number of alkyl halides is 3. The topological polar surface area (TPSA) is 54.7 Å². The van der Waals surface area contributed by atoms with E-state index in [0.717, 1.165) is 55.4 Å². The largest absolute Gasteiger partial charge is 0.489 e. The molecule has 0 amide bonds. The molecule has 2 aromatic carbocycles. The predicted molar refractivity (Wildman–Crippen MR) is 127 cm³/mol. The average Bonchev–Trinajstić information content (AvgIpc) is 3.46. The minimum Gasteiger partial charge on any atom is -0.489 e. The minimum atomic E-state index is -4.39. The molecule has 1 aliphatic heterocycles. The SMILES string of the molecule is CN1CCn2c(cc3cc(OCc4ccc(C5CCCC5)c(C(F)(F)F)c4)ccc32)C1CC(=O)O. The second-order valence-corrected chi connectivity index (χ2v) is 9.73. The standard InChI is InChI=1S/C27H29F3N2O3/c1-31-10-11-32-23-9-7-20(13-19(23)14-25(32)24(31)15-26(33)34)35-16-17-6-8-21(18-4-2-3-5-18)22(12-17)27(28,29)30/h6-9,12-14,18,24H,2-5,10-11,15-16H2,1H3,(H,33,34). The van der Waals surface area contributed by atoms with E-state index in [2.05, 4.69) is 4.57 Å². The van der Waals surface area contributed by atoms with E-state index in [1.54, 1.807) is 12.1 Å². The van der Waals surface area contributed by atoms with Gasteiger partial charge >= 0.3 is 12.1 Å². The van der Waals surface area contributed by atoms with Crippen LogP contribution in [0.25, 0.3) is 10.9 Å². The first kappa shape index (κ1) is 23.7. The highest BCUT2D eigenvalue weighted by atomic mass is 19.4. The van der Waals surface area contributed by atoms with Crippen LogP contribution in [0.4, 0.5) is 13.2 Å². The quantitative estimate of drug-likeness (QED) is 0.441. The van der Waals surface area contributed by atoms with Crippen LogP contribution in [0.15, 0.2) is 42.5 Å². The van der Waals surface area contributed by atoms with Gasteiger partial charge in [0.15, 0.2) is 0 Å². The highest BCUT2D eigenvalue weighted by Crippen LogP contribution is 2.42. The smallest absolute Gasteiger partial charge is 0.416 e. The lowest BCUT2D eigenvalue weighted by molar-refractivity contribution is -0.139. The number of hydrogen-bond acceptors (Lipinski definition) is 3. The van der Waals surface area contributed by atoms with Crippen molar-refractivity contribution in [1.82, 2.24) is 9.47 Å². The Hall–Kier alpha value is -3.00. The molecule has 2 aliphatic rings. The number of carboxylic acid groups (broad SMARTS) is 1. The van der Waals surface area contributed by atoms with Gasteiger partial charge in [-0.25, -0.2) is 0 Å². The number of aliphatic carboxylic acids is 1. The van der Waals surface area contributed by atoms with Gasteiger partial charge in [0, 0.05) is 29.7 Å². The normalized spacial score (nSPS) is 19.3. The number of carbonyl (C=O) groups is 1. The van der Waals surface area contributed by atoms with Crippen molar-refractivity contribution in [1.29, 1.82) is 0 Å². The van der Waals surface area contributed by atoms with E-state index >= 15 is 0 Å². The third kappa shape index (κ3) is 4.76. The molecule has 1 saturated carbocycles. The fourth-order valence-electron chi connectivity index (χ4n) is 5.65. The van der Waals surface area contributed by atoms with Crippen molar-refractivity contribution >= 4 is 16.9 Å². The molecule has 0 radical (unpaired) electrons. The molecule has 2 heterocycles. The van der Waals surface area contributed by atoms with Crippen LogP contribution in [0.1, 0.15) is 66.4 Å². The summed E-state index contributed by atoms with van der Waals surface area (Å²) in [5.41, 5.74) is 2.29. The highest BCUT2D eigenvalue weighted by molar-refractivity contribution is 5.83. The molecular formula is C27H29F3N2O3. The summed E-state index contributed by atoms with van der Waals surface area (Å²) in [6.07, 6.45) is -0.793. The van der Waals surface area contributed by atoms with Crippen LogP contribution in [0.5, 0.6) is 5.75 Å². The molecule has 8 heteroatoms. The number of carboxylic acids is 1. The maximum Gasteiger partial charge on any atom is 0.416 e. The zero-order chi connectivity index (χ0) is 24.7. The number of halogens is 3. The van der Waals surface area contributed by atoms with Crippen molar-refractivity contribution in [2.75, 3.05) is 13.6 Å². The number of rotatable bonds is 6. The second kappa shape index (κ2) is 9.22. The Morgan fingerprint density at radius 2 is 1.86 bits per heavy atom. The van der Waals surface area contributed by atoms with Crippen LogP contribution in [0, 0.1) is 0 Å². The Morgan fingerprint density at radius 3 is 2.57 bits per heavy atom. The molecule has 0 bridgehead atoms. The van der Waals surface area contributed by atoms with Crippen molar-refractivity contribution in [3.05, 3.63) is 64.8 Å². The van der Waals surface area contributed by atoms with Gasteiger partial charge in [-0.3, -0.25) is 9.69 Å². The van der Waals surface area contributed by atoms with Crippen molar-refractivity contribution in [2.24, 2.45) is 0 Å². The molecule has 1 fully saturated rings. The number of aromatic nitrogens is 1. The zero-order valence-electron chi connectivity index (χ0n) is 19.6. The maximum atomic E-state index is 13.8. The van der Waals surface area contributed by atoms with Crippen LogP contribution in [0.2, 0.25) is 0 Å². The monoisotopic (exact) mass is 486 g/mol. The minimum absolute atomic E-state index is 0.0196. The first-order chi connectivity index (χ1) is 16.7. The van der Waals surface area contributed by atoms with E-state index in [1.807, 2.05) is 36.2 Å². The van der Waals surface area contributed by atoms with Gasteiger partial charge in [0.05, 0.1) is 18.0 Å². The number of nitrogens with zero attached hydrogens (tertiary/aromatic N) is 2. The lowest BCUT2D eigenvalue weighted by atomic mass is 9.91. The summed E-state index contributed by atoms with van der Waals surface area (Å²) >= 11 is 0. The molecule has 0 spiro atoms. The summed E-state index contributed by atoms with van der Waals surface area (Å²) in [5, 5.41) is 10.3. The first-order valence-electron chi connectivity index (χ1n) is 12.1. The molecule has 5 nitrogen and oxygen atoms in total. The molecule has 1 N–H and O–H groups in total. The molecule has 186 valence electrons. The van der Waals surface area contributed by atoms with E-state index < -0.39 is 17.7 Å². The Bertz CT molecular complexity index is 1240. The van der Waals surface area contributed by atoms with Gasteiger partial charge < -0.3 is 14.4 Å². The number of benzene rings is 2. The maximum absolute atomic E-state index is 13.8. The van der Waals surface area contributed by atoms with E-state index in [0.29, 0.717) is 16.9 Å². The van der Waals surface area contributed by atoms with Gasteiger partial charge in [0.2, 0.25) is 0 Å². The van der Waals surface area contributed by atoms with Crippen LogP contribution in [-0.2, 0) is 24.1 Å².